The van der Waals surface area contributed by atoms with Gasteiger partial charge in [0.25, 0.3) is 0 Å². The summed E-state index contributed by atoms with van der Waals surface area (Å²) in [5.41, 5.74) is 1.12. The van der Waals surface area contributed by atoms with Gasteiger partial charge in [-0.1, -0.05) is 48.0 Å². The molecule has 13 heavy (non-hydrogen) atoms. The smallest absolute Gasteiger partial charge is 0.0267 e. The highest BCUT2D eigenvalue weighted by atomic mass is 14.5. The van der Waals surface area contributed by atoms with Crippen molar-refractivity contribution in [3.8, 4) is 0 Å². The fourth-order valence-corrected chi connectivity index (χ4v) is 3.47. The van der Waals surface area contributed by atoms with Gasteiger partial charge in [-0.25, -0.2) is 0 Å². The minimum Gasteiger partial charge on any atom is -0.0651 e. The Bertz CT molecular complexity index is 175. The van der Waals surface area contributed by atoms with Gasteiger partial charge in [-0.3, -0.25) is 0 Å². The molecule has 0 aromatic heterocycles. The molecule has 0 heteroatoms. The maximum Gasteiger partial charge on any atom is -0.0267 e. The van der Waals surface area contributed by atoms with Crippen LogP contribution in [0.3, 0.4) is 0 Å². The van der Waals surface area contributed by atoms with Crippen molar-refractivity contribution in [1.82, 2.24) is 0 Å². The van der Waals surface area contributed by atoms with E-state index in [4.69, 9.17) is 0 Å². The van der Waals surface area contributed by atoms with Crippen molar-refractivity contribution in [3.63, 3.8) is 0 Å². The number of rotatable bonds is 2. The van der Waals surface area contributed by atoms with Crippen molar-refractivity contribution in [1.29, 1.82) is 0 Å². The summed E-state index contributed by atoms with van der Waals surface area (Å²) in [7, 11) is 0. The van der Waals surface area contributed by atoms with E-state index in [-0.39, 0.29) is 0 Å². The van der Waals surface area contributed by atoms with E-state index in [0.29, 0.717) is 10.8 Å². The van der Waals surface area contributed by atoms with Gasteiger partial charge in [0.05, 0.1) is 0 Å². The lowest BCUT2D eigenvalue weighted by Crippen LogP contribution is -2.47. The summed E-state index contributed by atoms with van der Waals surface area (Å²) < 4.78 is 0. The van der Waals surface area contributed by atoms with Crippen molar-refractivity contribution in [2.75, 3.05) is 0 Å². The Morgan fingerprint density at radius 1 is 1.38 bits per heavy atom. The van der Waals surface area contributed by atoms with Crippen molar-refractivity contribution < 1.29 is 0 Å². The van der Waals surface area contributed by atoms with Crippen LogP contribution in [-0.4, -0.2) is 0 Å². The fraction of sp³-hybridized carbons (Fsp3) is 1.00. The molecule has 1 saturated carbocycles. The van der Waals surface area contributed by atoms with E-state index in [1.54, 1.807) is 0 Å². The second-order valence-corrected chi connectivity index (χ2v) is 6.27. The lowest BCUT2D eigenvalue weighted by molar-refractivity contribution is -0.0550. The third-order valence-electron chi connectivity index (χ3n) is 4.49. The first-order valence-corrected chi connectivity index (χ1v) is 5.82. The van der Waals surface area contributed by atoms with Gasteiger partial charge >= 0.3 is 0 Å². The highest BCUT2D eigenvalue weighted by Gasteiger charge is 2.48. The van der Waals surface area contributed by atoms with E-state index < -0.39 is 0 Å². The van der Waals surface area contributed by atoms with E-state index in [2.05, 4.69) is 41.5 Å². The number of hydrogen-bond donors (Lipinski definition) is 0. The van der Waals surface area contributed by atoms with Gasteiger partial charge in [0.15, 0.2) is 0 Å². The predicted octanol–water partition coefficient (Wildman–Crippen LogP) is 4.49. The van der Waals surface area contributed by atoms with Crippen LogP contribution in [0.1, 0.15) is 60.8 Å². The minimum absolute atomic E-state index is 0.484. The summed E-state index contributed by atoms with van der Waals surface area (Å²) in [5.74, 6) is 1.83. The van der Waals surface area contributed by atoms with E-state index in [9.17, 15) is 0 Å². The average Bonchev–Trinajstić information content (AvgIpc) is 2.00. The van der Waals surface area contributed by atoms with Crippen LogP contribution in [0.4, 0.5) is 0 Å². The molecule has 0 aromatic rings. The highest BCUT2D eigenvalue weighted by molar-refractivity contribution is 4.98. The van der Waals surface area contributed by atoms with Crippen LogP contribution in [0.5, 0.6) is 0 Å². The summed E-state index contributed by atoms with van der Waals surface area (Å²) in [4.78, 5) is 0. The molecule has 1 aliphatic rings. The molecule has 0 radical (unpaired) electrons. The number of hydrogen-bond acceptors (Lipinski definition) is 0. The first-order chi connectivity index (χ1) is 5.82. The lowest BCUT2D eigenvalue weighted by atomic mass is 9.50. The molecule has 3 atom stereocenters. The predicted molar refractivity (Wildman–Crippen MR) is 59.7 cm³/mol. The monoisotopic (exact) mass is 182 g/mol. The molecule has 0 saturated heterocycles. The van der Waals surface area contributed by atoms with E-state index in [0.717, 1.165) is 11.8 Å². The molecule has 78 valence electrons. The third-order valence-corrected chi connectivity index (χ3v) is 4.49. The SMILES string of the molecule is CCC(C(C)(C)C)C1(C)CCC1C. The Labute approximate surface area is 84.1 Å². The Kier molecular flexibility index (Phi) is 2.81. The molecule has 0 aromatic carbocycles. The van der Waals surface area contributed by atoms with Crippen LogP contribution >= 0.6 is 0 Å². The minimum atomic E-state index is 0.484. The van der Waals surface area contributed by atoms with Crippen molar-refractivity contribution in [2.24, 2.45) is 22.7 Å². The van der Waals surface area contributed by atoms with E-state index in [1.807, 2.05) is 0 Å². The quantitative estimate of drug-likeness (QED) is 0.590. The molecule has 0 heterocycles. The Hall–Kier alpha value is 0. The summed E-state index contributed by atoms with van der Waals surface area (Å²) in [6.45, 7) is 14.5. The van der Waals surface area contributed by atoms with Crippen LogP contribution in [-0.2, 0) is 0 Å². The Morgan fingerprint density at radius 3 is 2.00 bits per heavy atom. The van der Waals surface area contributed by atoms with Gasteiger partial charge in [0.2, 0.25) is 0 Å². The zero-order valence-corrected chi connectivity index (χ0v) is 10.3. The van der Waals surface area contributed by atoms with Crippen LogP contribution < -0.4 is 0 Å². The van der Waals surface area contributed by atoms with E-state index in [1.165, 1.54) is 19.3 Å². The fourth-order valence-electron chi connectivity index (χ4n) is 3.47. The second kappa shape index (κ2) is 3.29. The van der Waals surface area contributed by atoms with Crippen molar-refractivity contribution >= 4 is 0 Å². The first-order valence-electron chi connectivity index (χ1n) is 5.82. The topological polar surface area (TPSA) is 0 Å². The average molecular weight is 182 g/mol. The van der Waals surface area contributed by atoms with E-state index >= 15 is 0 Å². The van der Waals surface area contributed by atoms with Gasteiger partial charge in [-0.15, -0.1) is 0 Å². The van der Waals surface area contributed by atoms with Crippen LogP contribution in [0.2, 0.25) is 0 Å². The molecule has 0 aliphatic heterocycles. The lowest BCUT2D eigenvalue weighted by Gasteiger charge is -2.55. The Balaban J connectivity index is 2.77. The summed E-state index contributed by atoms with van der Waals surface area (Å²) in [6.07, 6.45) is 4.23. The van der Waals surface area contributed by atoms with Crippen LogP contribution in [0, 0.1) is 22.7 Å². The molecule has 0 bridgehead atoms. The maximum absolute atomic E-state index is 2.50. The molecule has 1 rings (SSSR count). The molecule has 1 aliphatic carbocycles. The van der Waals surface area contributed by atoms with Crippen LogP contribution in [0.15, 0.2) is 0 Å². The Morgan fingerprint density at radius 2 is 1.92 bits per heavy atom. The zero-order valence-electron chi connectivity index (χ0n) is 10.3. The third kappa shape index (κ3) is 1.78. The molecule has 1 fully saturated rings. The molecule has 0 nitrogen and oxygen atoms in total. The second-order valence-electron chi connectivity index (χ2n) is 6.27. The molecular formula is C13H26. The maximum atomic E-state index is 2.50. The summed E-state index contributed by atoms with van der Waals surface area (Å²) in [5, 5.41) is 0. The molecule has 3 unspecified atom stereocenters. The van der Waals surface area contributed by atoms with Gasteiger partial charge in [-0.05, 0) is 35.5 Å². The molecule has 0 N–H and O–H groups in total. The van der Waals surface area contributed by atoms with Crippen molar-refractivity contribution in [2.45, 2.75) is 60.8 Å². The molecule has 0 spiro atoms. The highest BCUT2D eigenvalue weighted by Crippen LogP contribution is 2.57. The largest absolute Gasteiger partial charge is 0.0651 e. The van der Waals surface area contributed by atoms with Gasteiger partial charge in [0, 0.05) is 0 Å². The summed E-state index contributed by atoms with van der Waals surface area (Å²) >= 11 is 0. The van der Waals surface area contributed by atoms with Gasteiger partial charge in [0.1, 0.15) is 0 Å². The standard InChI is InChI=1S/C13H26/c1-7-11(12(3,4)5)13(6)9-8-10(13)2/h10-11H,7-9H2,1-6H3. The zero-order chi connectivity index (χ0) is 10.3. The summed E-state index contributed by atoms with van der Waals surface area (Å²) in [6, 6.07) is 0. The van der Waals surface area contributed by atoms with Crippen molar-refractivity contribution in [3.05, 3.63) is 0 Å². The molecule has 0 amide bonds. The van der Waals surface area contributed by atoms with Gasteiger partial charge in [-0.2, -0.15) is 0 Å². The molecular weight excluding hydrogens is 156 g/mol. The normalized spacial score (nSPS) is 36.9. The van der Waals surface area contributed by atoms with Gasteiger partial charge < -0.3 is 0 Å². The first kappa shape index (κ1) is 11.1. The van der Waals surface area contributed by atoms with Crippen LogP contribution in [0.25, 0.3) is 0 Å².